The van der Waals surface area contributed by atoms with E-state index in [9.17, 15) is 14.9 Å². The number of anilines is 1. The summed E-state index contributed by atoms with van der Waals surface area (Å²) in [7, 11) is 0. The number of amides is 1. The van der Waals surface area contributed by atoms with Crippen LogP contribution in [0.5, 0.6) is 0 Å². The van der Waals surface area contributed by atoms with Gasteiger partial charge in [-0.3, -0.25) is 14.9 Å². The highest BCUT2D eigenvalue weighted by molar-refractivity contribution is 7.16. The maximum absolute atomic E-state index is 11.9. The Morgan fingerprint density at radius 2 is 2.13 bits per heavy atom. The number of hydrogen-bond donors (Lipinski definition) is 1. The van der Waals surface area contributed by atoms with E-state index in [1.807, 2.05) is 6.07 Å². The van der Waals surface area contributed by atoms with Gasteiger partial charge in [-0.05, 0) is 29.8 Å². The van der Waals surface area contributed by atoms with Crippen LogP contribution in [0, 0.1) is 10.1 Å². The molecular formula is C16H11N3O3S. The number of non-ortho nitro benzene ring substituents is 1. The van der Waals surface area contributed by atoms with E-state index < -0.39 is 4.92 Å². The average molecular weight is 325 g/mol. The first kappa shape index (κ1) is 14.9. The van der Waals surface area contributed by atoms with Gasteiger partial charge in [0, 0.05) is 23.9 Å². The Morgan fingerprint density at radius 3 is 2.96 bits per heavy atom. The minimum absolute atomic E-state index is 0.0125. The van der Waals surface area contributed by atoms with Crippen LogP contribution in [0.2, 0.25) is 0 Å². The molecule has 0 spiro atoms. The summed E-state index contributed by atoms with van der Waals surface area (Å²) in [5.74, 6) is -0.314. The lowest BCUT2D eigenvalue weighted by Gasteiger charge is -2.01. The van der Waals surface area contributed by atoms with Gasteiger partial charge >= 0.3 is 0 Å². The summed E-state index contributed by atoms with van der Waals surface area (Å²) in [6.45, 7) is 0. The normalized spacial score (nSPS) is 11.0. The number of nitro benzene ring substituents is 1. The Labute approximate surface area is 135 Å². The minimum atomic E-state index is -0.472. The summed E-state index contributed by atoms with van der Waals surface area (Å²) < 4.78 is 1.05. The molecule has 0 bridgehead atoms. The molecule has 1 N–H and O–H groups in total. The number of carbonyl (C=O) groups is 1. The molecule has 0 aliphatic carbocycles. The molecule has 2 aromatic carbocycles. The lowest BCUT2D eigenvalue weighted by atomic mass is 10.2. The first-order chi connectivity index (χ1) is 11.1. The summed E-state index contributed by atoms with van der Waals surface area (Å²) in [4.78, 5) is 26.4. The second-order valence-electron chi connectivity index (χ2n) is 4.71. The van der Waals surface area contributed by atoms with Gasteiger partial charge in [0.1, 0.15) is 0 Å². The SMILES string of the molecule is O=C(C=Cc1cccc([N+](=O)[O-])c1)Nc1ccc2scnc2c1. The molecule has 0 saturated carbocycles. The highest BCUT2D eigenvalue weighted by Crippen LogP contribution is 2.21. The molecule has 0 atom stereocenters. The zero-order valence-corrected chi connectivity index (χ0v) is 12.6. The number of nitro groups is 1. The molecular weight excluding hydrogens is 314 g/mol. The third kappa shape index (κ3) is 3.58. The monoisotopic (exact) mass is 325 g/mol. The third-order valence-corrected chi connectivity index (χ3v) is 3.92. The second kappa shape index (κ2) is 6.37. The minimum Gasteiger partial charge on any atom is -0.322 e. The Bertz CT molecular complexity index is 918. The van der Waals surface area contributed by atoms with Gasteiger partial charge in [0.05, 0.1) is 20.7 Å². The molecule has 0 fully saturated rings. The van der Waals surface area contributed by atoms with E-state index in [-0.39, 0.29) is 11.6 Å². The van der Waals surface area contributed by atoms with Crippen molar-refractivity contribution < 1.29 is 9.72 Å². The second-order valence-corrected chi connectivity index (χ2v) is 5.60. The van der Waals surface area contributed by atoms with Crippen LogP contribution in [0.25, 0.3) is 16.3 Å². The van der Waals surface area contributed by atoms with Crippen LogP contribution in [-0.4, -0.2) is 15.8 Å². The van der Waals surface area contributed by atoms with Crippen molar-refractivity contribution in [1.82, 2.24) is 4.98 Å². The number of fused-ring (bicyclic) bond motifs is 1. The summed E-state index contributed by atoms with van der Waals surface area (Å²) in [5.41, 5.74) is 3.80. The van der Waals surface area contributed by atoms with Crippen LogP contribution in [-0.2, 0) is 4.79 Å². The molecule has 0 saturated heterocycles. The predicted molar refractivity (Wildman–Crippen MR) is 90.4 cm³/mol. The van der Waals surface area contributed by atoms with Gasteiger partial charge in [-0.1, -0.05) is 12.1 Å². The quantitative estimate of drug-likeness (QED) is 0.448. The molecule has 0 aliphatic heterocycles. The Hall–Kier alpha value is -3.06. The predicted octanol–water partition coefficient (Wildman–Crippen LogP) is 3.86. The molecule has 3 aromatic rings. The molecule has 23 heavy (non-hydrogen) atoms. The number of carbonyl (C=O) groups excluding carboxylic acids is 1. The maximum Gasteiger partial charge on any atom is 0.270 e. The first-order valence-electron chi connectivity index (χ1n) is 6.68. The molecule has 0 radical (unpaired) electrons. The third-order valence-electron chi connectivity index (χ3n) is 3.11. The highest BCUT2D eigenvalue weighted by atomic mass is 32.1. The lowest BCUT2D eigenvalue weighted by Crippen LogP contribution is -2.07. The Morgan fingerprint density at radius 1 is 1.26 bits per heavy atom. The summed E-state index contributed by atoms with van der Waals surface area (Å²) in [5, 5.41) is 13.5. The zero-order chi connectivity index (χ0) is 16.2. The topological polar surface area (TPSA) is 85.1 Å². The fourth-order valence-corrected chi connectivity index (χ4v) is 2.69. The zero-order valence-electron chi connectivity index (χ0n) is 11.8. The van der Waals surface area contributed by atoms with Crippen molar-refractivity contribution in [1.29, 1.82) is 0 Å². The van der Waals surface area contributed by atoms with Crippen LogP contribution in [0.15, 0.2) is 54.1 Å². The molecule has 1 aromatic heterocycles. The number of aromatic nitrogens is 1. The van der Waals surface area contributed by atoms with Crippen LogP contribution < -0.4 is 5.32 Å². The number of hydrogen-bond acceptors (Lipinski definition) is 5. The van der Waals surface area contributed by atoms with E-state index in [0.717, 1.165) is 10.2 Å². The maximum atomic E-state index is 11.9. The van der Waals surface area contributed by atoms with Gasteiger partial charge in [-0.2, -0.15) is 0 Å². The van der Waals surface area contributed by atoms with Gasteiger partial charge in [-0.25, -0.2) is 4.98 Å². The molecule has 0 aliphatic rings. The summed E-state index contributed by atoms with van der Waals surface area (Å²) in [6.07, 6.45) is 2.87. The Balaban J connectivity index is 1.71. The average Bonchev–Trinajstić information content (AvgIpc) is 3.01. The Kier molecular flexibility index (Phi) is 4.11. The fourth-order valence-electron chi connectivity index (χ4n) is 2.03. The van der Waals surface area contributed by atoms with E-state index in [1.54, 1.807) is 29.8 Å². The summed E-state index contributed by atoms with van der Waals surface area (Å²) in [6, 6.07) is 11.6. The van der Waals surface area contributed by atoms with Gasteiger partial charge in [0.2, 0.25) is 5.91 Å². The highest BCUT2D eigenvalue weighted by Gasteiger charge is 2.05. The first-order valence-corrected chi connectivity index (χ1v) is 7.56. The molecule has 0 unspecified atom stereocenters. The van der Waals surface area contributed by atoms with Crippen molar-refractivity contribution in [3.8, 4) is 0 Å². The molecule has 1 amide bonds. The number of rotatable bonds is 4. The number of benzene rings is 2. The number of nitrogens with one attached hydrogen (secondary N) is 1. The standard InChI is InChI=1S/C16H11N3O3S/c20-16(7-4-11-2-1-3-13(8-11)19(21)22)18-12-5-6-15-14(9-12)17-10-23-15/h1-10H,(H,18,20). The van der Waals surface area contributed by atoms with E-state index >= 15 is 0 Å². The van der Waals surface area contributed by atoms with Crippen molar-refractivity contribution >= 4 is 44.9 Å². The summed E-state index contributed by atoms with van der Waals surface area (Å²) >= 11 is 1.53. The van der Waals surface area contributed by atoms with Crippen molar-refractivity contribution in [3.63, 3.8) is 0 Å². The fraction of sp³-hybridized carbons (Fsp3) is 0. The van der Waals surface area contributed by atoms with Crippen LogP contribution in [0.1, 0.15) is 5.56 Å². The molecule has 114 valence electrons. The largest absolute Gasteiger partial charge is 0.322 e. The molecule has 6 nitrogen and oxygen atoms in total. The van der Waals surface area contributed by atoms with E-state index in [2.05, 4.69) is 10.3 Å². The number of nitrogens with zero attached hydrogens (tertiary/aromatic N) is 2. The van der Waals surface area contributed by atoms with Crippen molar-refractivity contribution in [3.05, 3.63) is 69.7 Å². The van der Waals surface area contributed by atoms with Crippen molar-refractivity contribution in [2.45, 2.75) is 0 Å². The van der Waals surface area contributed by atoms with Crippen molar-refractivity contribution in [2.75, 3.05) is 5.32 Å². The van der Waals surface area contributed by atoms with Crippen LogP contribution in [0.3, 0.4) is 0 Å². The number of thiazole rings is 1. The van der Waals surface area contributed by atoms with Gasteiger partial charge < -0.3 is 5.32 Å². The lowest BCUT2D eigenvalue weighted by molar-refractivity contribution is -0.384. The molecule has 7 heteroatoms. The molecule has 1 heterocycles. The van der Waals surface area contributed by atoms with E-state index in [1.165, 1.54) is 35.6 Å². The van der Waals surface area contributed by atoms with Gasteiger partial charge in [0.15, 0.2) is 0 Å². The van der Waals surface area contributed by atoms with Crippen LogP contribution in [0.4, 0.5) is 11.4 Å². The van der Waals surface area contributed by atoms with E-state index in [4.69, 9.17) is 0 Å². The van der Waals surface area contributed by atoms with E-state index in [0.29, 0.717) is 11.3 Å². The van der Waals surface area contributed by atoms with Crippen molar-refractivity contribution in [2.24, 2.45) is 0 Å². The van der Waals surface area contributed by atoms with Gasteiger partial charge in [0.25, 0.3) is 5.69 Å². The van der Waals surface area contributed by atoms with Gasteiger partial charge in [-0.15, -0.1) is 11.3 Å². The van der Waals surface area contributed by atoms with Crippen LogP contribution >= 0.6 is 11.3 Å². The molecule has 3 rings (SSSR count). The smallest absolute Gasteiger partial charge is 0.270 e.